The second-order valence-electron chi connectivity index (χ2n) is 7.71. The molecular formula is C23H25BF3N5S. The molecule has 0 aliphatic carbocycles. The molecule has 10 heteroatoms. The molecule has 5 nitrogen and oxygen atoms in total. The van der Waals surface area contributed by atoms with Crippen LogP contribution in [-0.4, -0.2) is 42.0 Å². The van der Waals surface area contributed by atoms with Crippen molar-refractivity contribution in [2.75, 3.05) is 17.4 Å². The summed E-state index contributed by atoms with van der Waals surface area (Å²) in [6.07, 6.45) is -1.09. The Morgan fingerprint density at radius 1 is 1.12 bits per heavy atom. The average molecular weight is 471 g/mol. The first-order valence-corrected chi connectivity index (χ1v) is 11.1. The van der Waals surface area contributed by atoms with Gasteiger partial charge >= 0.3 is 0 Å². The Balaban J connectivity index is 0.00000306. The molecule has 0 bridgehead atoms. The van der Waals surface area contributed by atoms with Gasteiger partial charge in [-0.05, 0) is 30.8 Å². The molecule has 0 N–H and O–H groups in total. The SMILES string of the molecule is C.N#CB1CCN(SN(Cc2ccc(C3=NN=C(C(F)F)C3)cc2F)c2ccccc2)CC1. The van der Waals surface area contributed by atoms with E-state index in [-0.39, 0.29) is 26.3 Å². The summed E-state index contributed by atoms with van der Waals surface area (Å²) in [5.41, 5.74) is 1.95. The average Bonchev–Trinajstić information content (AvgIpc) is 3.32. The van der Waals surface area contributed by atoms with Gasteiger partial charge in [0.15, 0.2) is 0 Å². The maximum absolute atomic E-state index is 15.0. The topological polar surface area (TPSA) is 55.0 Å². The van der Waals surface area contributed by atoms with Gasteiger partial charge in [0.2, 0.25) is 0 Å². The zero-order chi connectivity index (χ0) is 22.5. The number of nitrogens with zero attached hydrogens (tertiary/aromatic N) is 5. The molecule has 2 heterocycles. The third-order valence-electron chi connectivity index (χ3n) is 5.49. The lowest BCUT2D eigenvalue weighted by Crippen LogP contribution is -2.35. The summed E-state index contributed by atoms with van der Waals surface area (Å²) in [5, 5.41) is 16.4. The summed E-state index contributed by atoms with van der Waals surface area (Å²) < 4.78 is 44.8. The molecule has 2 aromatic rings. The van der Waals surface area contributed by atoms with Crippen molar-refractivity contribution >= 4 is 36.0 Å². The Hall–Kier alpha value is -2.77. The van der Waals surface area contributed by atoms with Crippen molar-refractivity contribution in [2.45, 2.75) is 39.5 Å². The van der Waals surface area contributed by atoms with Crippen molar-refractivity contribution in [3.63, 3.8) is 0 Å². The van der Waals surface area contributed by atoms with Crippen LogP contribution in [-0.2, 0) is 6.54 Å². The number of para-hydroxylation sites is 1. The molecule has 1 saturated heterocycles. The number of anilines is 1. The van der Waals surface area contributed by atoms with E-state index in [0.717, 1.165) is 31.4 Å². The lowest BCUT2D eigenvalue weighted by Gasteiger charge is -2.33. The van der Waals surface area contributed by atoms with Crippen LogP contribution in [0.15, 0.2) is 58.7 Å². The Labute approximate surface area is 197 Å². The molecule has 0 radical (unpaired) electrons. The third-order valence-corrected chi connectivity index (χ3v) is 6.63. The first-order valence-electron chi connectivity index (χ1n) is 10.4. The van der Waals surface area contributed by atoms with Crippen molar-refractivity contribution < 1.29 is 13.2 Å². The molecule has 4 rings (SSSR count). The molecule has 0 amide bonds. The molecule has 172 valence electrons. The van der Waals surface area contributed by atoms with Crippen molar-refractivity contribution in [1.82, 2.24) is 4.31 Å². The second kappa shape index (κ2) is 11.4. The van der Waals surface area contributed by atoms with Crippen LogP contribution >= 0.6 is 12.1 Å². The normalized spacial score (nSPS) is 16.2. The Morgan fingerprint density at radius 2 is 1.85 bits per heavy atom. The van der Waals surface area contributed by atoms with Crippen LogP contribution in [0.2, 0.25) is 12.6 Å². The Kier molecular flexibility index (Phi) is 8.58. The predicted molar refractivity (Wildman–Crippen MR) is 130 cm³/mol. The summed E-state index contributed by atoms with van der Waals surface area (Å²) in [7, 11) is 0. The van der Waals surface area contributed by atoms with Gasteiger partial charge in [-0.15, -0.1) is 0 Å². The summed E-state index contributed by atoms with van der Waals surface area (Å²) in [6, 6.07) is 14.4. The highest BCUT2D eigenvalue weighted by Crippen LogP contribution is 2.30. The van der Waals surface area contributed by atoms with E-state index in [1.807, 2.05) is 34.6 Å². The highest BCUT2D eigenvalue weighted by Gasteiger charge is 2.26. The van der Waals surface area contributed by atoms with Gasteiger partial charge in [0, 0.05) is 54.4 Å². The van der Waals surface area contributed by atoms with E-state index >= 15 is 0 Å². The monoisotopic (exact) mass is 471 g/mol. The zero-order valence-electron chi connectivity index (χ0n) is 17.3. The first kappa shape index (κ1) is 24.9. The summed E-state index contributed by atoms with van der Waals surface area (Å²) >= 11 is 1.53. The van der Waals surface area contributed by atoms with Crippen LogP contribution in [0.5, 0.6) is 0 Å². The fourth-order valence-corrected chi connectivity index (χ4v) is 4.69. The van der Waals surface area contributed by atoms with E-state index in [4.69, 9.17) is 5.26 Å². The van der Waals surface area contributed by atoms with E-state index in [2.05, 4.69) is 20.5 Å². The number of hydrogen-bond acceptors (Lipinski definition) is 6. The lowest BCUT2D eigenvalue weighted by molar-refractivity contribution is 0.224. The Bertz CT molecular complexity index is 1050. The molecule has 1 fully saturated rings. The highest BCUT2D eigenvalue weighted by molar-refractivity contribution is 7.98. The van der Waals surface area contributed by atoms with E-state index in [9.17, 15) is 13.2 Å². The van der Waals surface area contributed by atoms with Gasteiger partial charge < -0.3 is 0 Å². The number of alkyl halides is 2. The van der Waals surface area contributed by atoms with Crippen LogP contribution in [0.3, 0.4) is 0 Å². The first-order chi connectivity index (χ1) is 15.5. The van der Waals surface area contributed by atoms with Gasteiger partial charge in [0.05, 0.1) is 12.3 Å². The predicted octanol–water partition coefficient (Wildman–Crippen LogP) is 5.72. The van der Waals surface area contributed by atoms with E-state index in [1.165, 1.54) is 18.2 Å². The van der Waals surface area contributed by atoms with Crippen LogP contribution in [0.25, 0.3) is 0 Å². The second-order valence-corrected chi connectivity index (χ2v) is 8.83. The van der Waals surface area contributed by atoms with Crippen molar-refractivity contribution in [3.05, 3.63) is 65.5 Å². The number of nitriles is 1. The number of halogens is 3. The molecule has 0 aromatic heterocycles. The molecule has 33 heavy (non-hydrogen) atoms. The number of rotatable bonds is 7. The van der Waals surface area contributed by atoms with Crippen LogP contribution in [0, 0.1) is 17.0 Å². The van der Waals surface area contributed by atoms with Gasteiger partial charge in [-0.25, -0.2) is 22.7 Å². The maximum atomic E-state index is 15.0. The molecule has 2 aromatic carbocycles. The standard InChI is InChI=1S/C22H21BF3N5S.CH4/c24-19-12-16(20-13-21(22(25)26)29-28-20)6-7-17(19)14-31(18-4-2-1-3-5-18)32-30-10-8-23(15-27)9-11-30;/h1-7,12,22H,8-11,13-14H2;1H4. The number of hydrogen-bond donors (Lipinski definition) is 0. The van der Waals surface area contributed by atoms with Crippen molar-refractivity contribution in [1.29, 1.82) is 5.26 Å². The third kappa shape index (κ3) is 6.18. The largest absolute Gasteiger partial charge is 0.299 e. The zero-order valence-corrected chi connectivity index (χ0v) is 18.1. The minimum absolute atomic E-state index is 0. The van der Waals surface area contributed by atoms with E-state index in [1.54, 1.807) is 12.1 Å². The fraction of sp³-hybridized carbons (Fsp3) is 0.348. The summed E-state index contributed by atoms with van der Waals surface area (Å²) in [6.45, 7) is 2.00. The molecule has 2 aliphatic rings. The van der Waals surface area contributed by atoms with Crippen LogP contribution < -0.4 is 4.31 Å². The fourth-order valence-electron chi connectivity index (χ4n) is 3.62. The lowest BCUT2D eigenvalue weighted by atomic mass is 9.45. The van der Waals surface area contributed by atoms with Gasteiger partial charge in [0.1, 0.15) is 11.5 Å². The molecule has 0 atom stereocenters. The highest BCUT2D eigenvalue weighted by atomic mass is 32.2. The molecule has 0 saturated carbocycles. The molecule has 2 aliphatic heterocycles. The van der Waals surface area contributed by atoms with Crippen LogP contribution in [0.4, 0.5) is 18.9 Å². The van der Waals surface area contributed by atoms with Gasteiger partial charge in [-0.3, -0.25) is 4.31 Å². The van der Waals surface area contributed by atoms with Gasteiger partial charge in [0.25, 0.3) is 13.1 Å². The van der Waals surface area contributed by atoms with Crippen LogP contribution in [0.1, 0.15) is 25.0 Å². The smallest absolute Gasteiger partial charge is 0.278 e. The van der Waals surface area contributed by atoms with E-state index in [0.29, 0.717) is 23.4 Å². The van der Waals surface area contributed by atoms with Crippen molar-refractivity contribution in [3.8, 4) is 5.97 Å². The summed E-state index contributed by atoms with van der Waals surface area (Å²) in [4.78, 5) is 0. The molecule has 0 spiro atoms. The van der Waals surface area contributed by atoms with Gasteiger partial charge in [-0.2, -0.15) is 10.2 Å². The quantitative estimate of drug-likeness (QED) is 0.383. The Morgan fingerprint density at radius 3 is 2.45 bits per heavy atom. The minimum Gasteiger partial charge on any atom is -0.299 e. The maximum Gasteiger partial charge on any atom is 0.278 e. The van der Waals surface area contributed by atoms with E-state index < -0.39 is 12.2 Å². The van der Waals surface area contributed by atoms with Crippen molar-refractivity contribution in [2.24, 2.45) is 10.2 Å². The molecule has 0 unspecified atom stereocenters. The van der Waals surface area contributed by atoms with Gasteiger partial charge in [-0.1, -0.05) is 37.8 Å². The summed E-state index contributed by atoms with van der Waals surface area (Å²) in [5.74, 6) is 1.92. The molecular weight excluding hydrogens is 446 g/mol. The minimum atomic E-state index is -2.66. The number of benzene rings is 2.